The van der Waals surface area contributed by atoms with Gasteiger partial charge in [0.05, 0.1) is 0 Å². The van der Waals surface area contributed by atoms with Crippen LogP contribution in [-0.4, -0.2) is 36.0 Å². The smallest absolute Gasteiger partial charge is 0.337 e. The lowest BCUT2D eigenvalue weighted by atomic mass is 9.54. The van der Waals surface area contributed by atoms with Crippen LogP contribution in [0.3, 0.4) is 0 Å². The molecule has 0 atom stereocenters. The van der Waals surface area contributed by atoms with Crippen LogP contribution >= 0.6 is 0 Å². The van der Waals surface area contributed by atoms with Crippen LogP contribution in [0.1, 0.15) is 32.1 Å². The third-order valence-electron chi connectivity index (χ3n) is 5.57. The number of carbonyl (C=O) groups excluding carboxylic acids is 1. The van der Waals surface area contributed by atoms with Gasteiger partial charge in [-0.2, -0.15) is 22.0 Å². The van der Waals surface area contributed by atoms with Crippen molar-refractivity contribution in [3.8, 4) is 0 Å². The molecule has 2 nitrogen and oxygen atoms in total. The first-order valence-electron chi connectivity index (χ1n) is 7.33. The lowest BCUT2D eigenvalue weighted by Crippen LogP contribution is -2.61. The third-order valence-corrected chi connectivity index (χ3v) is 5.57. The Morgan fingerprint density at radius 3 is 1.71 bits per heavy atom. The quantitative estimate of drug-likeness (QED) is 0.715. The summed E-state index contributed by atoms with van der Waals surface area (Å²) in [6.45, 7) is 0. The molecule has 4 saturated carbocycles. The zero-order valence-electron chi connectivity index (χ0n) is 11.7. The Bertz CT molecular complexity index is 419. The Morgan fingerprint density at radius 2 is 1.33 bits per heavy atom. The van der Waals surface area contributed by atoms with Crippen molar-refractivity contribution < 1.29 is 26.7 Å². The van der Waals surface area contributed by atoms with Crippen LogP contribution < -0.4 is 0 Å². The van der Waals surface area contributed by atoms with Crippen molar-refractivity contribution in [2.75, 3.05) is 7.05 Å². The Labute approximate surface area is 119 Å². The van der Waals surface area contributed by atoms with E-state index in [0.717, 1.165) is 39.2 Å². The number of hydrogen-bond donors (Lipinski definition) is 0. The minimum absolute atomic E-state index is 0.0826. The predicted octanol–water partition coefficient (Wildman–Crippen LogP) is 3.47. The topological polar surface area (TPSA) is 20.3 Å². The van der Waals surface area contributed by atoms with Crippen molar-refractivity contribution >= 4 is 5.91 Å². The molecule has 0 saturated heterocycles. The fourth-order valence-electron chi connectivity index (χ4n) is 5.01. The molecule has 0 heterocycles. The van der Waals surface area contributed by atoms with E-state index < -0.39 is 24.0 Å². The average molecular weight is 311 g/mol. The van der Waals surface area contributed by atoms with Crippen LogP contribution in [-0.2, 0) is 4.79 Å². The molecule has 4 rings (SSSR count). The Balaban J connectivity index is 1.79. The van der Waals surface area contributed by atoms with E-state index in [1.54, 1.807) is 0 Å². The van der Waals surface area contributed by atoms with Gasteiger partial charge in [0.15, 0.2) is 0 Å². The number of halogens is 5. The van der Waals surface area contributed by atoms with Crippen molar-refractivity contribution in [1.82, 2.24) is 4.90 Å². The van der Waals surface area contributed by atoms with Crippen molar-refractivity contribution in [2.45, 2.75) is 50.2 Å². The van der Waals surface area contributed by atoms with Crippen LogP contribution in [0.25, 0.3) is 0 Å². The van der Waals surface area contributed by atoms with Gasteiger partial charge >= 0.3 is 18.0 Å². The molecule has 21 heavy (non-hydrogen) atoms. The van der Waals surface area contributed by atoms with Crippen LogP contribution in [0.2, 0.25) is 0 Å². The van der Waals surface area contributed by atoms with Gasteiger partial charge < -0.3 is 4.90 Å². The van der Waals surface area contributed by atoms with E-state index in [4.69, 9.17) is 0 Å². The lowest BCUT2D eigenvalue weighted by molar-refractivity contribution is -0.276. The molecular formula is C14H18F5NO. The van der Waals surface area contributed by atoms with E-state index in [2.05, 4.69) is 0 Å². The molecule has 0 spiro atoms. The standard InChI is InChI=1S/C14H18F5NO/c1-20(12(21)13(15,16)14(17,18)19)11-9-3-7-2-8(5-9)6-10(11)4-7/h7-11H,2-6H2,1H3. The molecule has 7 heteroatoms. The van der Waals surface area contributed by atoms with Crippen molar-refractivity contribution in [1.29, 1.82) is 0 Å². The third kappa shape index (κ3) is 2.23. The maximum atomic E-state index is 13.3. The van der Waals surface area contributed by atoms with Gasteiger partial charge in [-0.25, -0.2) is 0 Å². The van der Waals surface area contributed by atoms with E-state index >= 15 is 0 Å². The van der Waals surface area contributed by atoms with Crippen molar-refractivity contribution in [3.63, 3.8) is 0 Å². The van der Waals surface area contributed by atoms with Crippen LogP contribution in [0.4, 0.5) is 22.0 Å². The summed E-state index contributed by atoms with van der Waals surface area (Å²) in [6.07, 6.45) is -1.26. The minimum Gasteiger partial charge on any atom is -0.337 e. The number of alkyl halides is 5. The van der Waals surface area contributed by atoms with Crippen molar-refractivity contribution in [2.24, 2.45) is 23.7 Å². The van der Waals surface area contributed by atoms with Gasteiger partial charge in [-0.15, -0.1) is 0 Å². The van der Waals surface area contributed by atoms with Gasteiger partial charge in [-0.05, 0) is 55.8 Å². The minimum atomic E-state index is -5.83. The Morgan fingerprint density at radius 1 is 0.905 bits per heavy atom. The highest BCUT2D eigenvalue weighted by atomic mass is 19.4. The highest BCUT2D eigenvalue weighted by molar-refractivity contribution is 5.84. The zero-order chi connectivity index (χ0) is 15.6. The molecule has 0 aromatic heterocycles. The molecule has 4 aliphatic rings. The maximum absolute atomic E-state index is 13.3. The van der Waals surface area contributed by atoms with Crippen molar-refractivity contribution in [3.05, 3.63) is 0 Å². The molecular weight excluding hydrogens is 293 g/mol. The number of nitrogens with zero attached hydrogens (tertiary/aromatic N) is 1. The summed E-state index contributed by atoms with van der Waals surface area (Å²) in [5, 5.41) is 0. The van der Waals surface area contributed by atoms with Gasteiger partial charge in [-0.1, -0.05) is 0 Å². The summed E-state index contributed by atoms with van der Waals surface area (Å²) in [5.41, 5.74) is 0. The first-order valence-corrected chi connectivity index (χ1v) is 7.33. The summed E-state index contributed by atoms with van der Waals surface area (Å²) < 4.78 is 63.7. The normalized spacial score (nSPS) is 38.7. The van der Waals surface area contributed by atoms with Crippen LogP contribution in [0, 0.1) is 23.7 Å². The lowest BCUT2D eigenvalue weighted by Gasteiger charge is -2.56. The molecule has 1 amide bonds. The van der Waals surface area contributed by atoms with E-state index in [-0.39, 0.29) is 11.8 Å². The van der Waals surface area contributed by atoms with E-state index in [1.807, 2.05) is 0 Å². The molecule has 0 aromatic carbocycles. The maximum Gasteiger partial charge on any atom is 0.463 e. The first kappa shape index (κ1) is 15.0. The SMILES string of the molecule is CN(C(=O)C(F)(F)C(F)(F)F)C1C2CC3CC(C2)CC1C3. The number of hydrogen-bond acceptors (Lipinski definition) is 1. The number of amides is 1. The molecule has 4 bridgehead atoms. The molecule has 4 aliphatic carbocycles. The van der Waals surface area contributed by atoms with Crippen LogP contribution in [0.5, 0.6) is 0 Å². The summed E-state index contributed by atoms with van der Waals surface area (Å²) in [5.74, 6) is -6.10. The highest BCUT2D eigenvalue weighted by Gasteiger charge is 2.65. The fraction of sp³-hybridized carbons (Fsp3) is 0.929. The summed E-state index contributed by atoms with van der Waals surface area (Å²) >= 11 is 0. The molecule has 0 N–H and O–H groups in total. The molecule has 120 valence electrons. The van der Waals surface area contributed by atoms with Crippen LogP contribution in [0.15, 0.2) is 0 Å². The average Bonchev–Trinajstić information content (AvgIpc) is 2.34. The second-order valence-corrected chi connectivity index (χ2v) is 6.91. The van der Waals surface area contributed by atoms with E-state index in [9.17, 15) is 26.7 Å². The summed E-state index contributed by atoms with van der Waals surface area (Å²) in [4.78, 5) is 12.4. The largest absolute Gasteiger partial charge is 0.463 e. The molecule has 0 radical (unpaired) electrons. The monoisotopic (exact) mass is 311 g/mol. The molecule has 0 aliphatic heterocycles. The highest BCUT2D eigenvalue weighted by Crippen LogP contribution is 2.55. The number of carbonyl (C=O) groups is 1. The summed E-state index contributed by atoms with van der Waals surface area (Å²) in [7, 11) is 1.11. The predicted molar refractivity (Wildman–Crippen MR) is 64.6 cm³/mol. The Hall–Kier alpha value is -0.880. The first-order chi connectivity index (χ1) is 9.61. The van der Waals surface area contributed by atoms with Gasteiger partial charge in [0.1, 0.15) is 0 Å². The summed E-state index contributed by atoms with van der Waals surface area (Å²) in [6, 6.07) is -0.460. The fourth-order valence-corrected chi connectivity index (χ4v) is 5.01. The molecule has 4 fully saturated rings. The second kappa shape index (κ2) is 4.56. The Kier molecular flexibility index (Phi) is 3.26. The zero-order valence-corrected chi connectivity index (χ0v) is 11.7. The van der Waals surface area contributed by atoms with Gasteiger partial charge in [-0.3, -0.25) is 4.79 Å². The van der Waals surface area contributed by atoms with Gasteiger partial charge in [0.25, 0.3) is 0 Å². The van der Waals surface area contributed by atoms with Gasteiger partial charge in [0, 0.05) is 13.1 Å². The van der Waals surface area contributed by atoms with E-state index in [1.165, 1.54) is 0 Å². The number of rotatable bonds is 2. The van der Waals surface area contributed by atoms with E-state index in [0.29, 0.717) is 16.7 Å². The molecule has 0 unspecified atom stereocenters. The molecule has 0 aromatic rings. The second-order valence-electron chi connectivity index (χ2n) is 6.91. The van der Waals surface area contributed by atoms with Gasteiger partial charge in [0.2, 0.25) is 0 Å².